The Kier molecular flexibility index (Phi) is 5.65. The Labute approximate surface area is 109 Å². The van der Waals surface area contributed by atoms with Crippen LogP contribution in [0.4, 0.5) is 0 Å². The Hall–Kier alpha value is -1.55. The molecule has 2 atom stereocenters. The summed E-state index contributed by atoms with van der Waals surface area (Å²) < 4.78 is 5.27. The molecule has 18 heavy (non-hydrogen) atoms. The molecule has 1 rings (SSSR count). The third kappa shape index (κ3) is 3.74. The lowest BCUT2D eigenvalue weighted by Crippen LogP contribution is -2.41. The van der Waals surface area contributed by atoms with Crippen molar-refractivity contribution in [3.05, 3.63) is 29.8 Å². The lowest BCUT2D eigenvalue weighted by Gasteiger charge is -2.19. The summed E-state index contributed by atoms with van der Waals surface area (Å²) in [6.45, 7) is 3.94. The van der Waals surface area contributed by atoms with Crippen LogP contribution in [0.2, 0.25) is 0 Å². The van der Waals surface area contributed by atoms with E-state index >= 15 is 0 Å². The maximum absolute atomic E-state index is 11.8. The number of carbonyl (C=O) groups excluding carboxylic acids is 1. The van der Waals surface area contributed by atoms with E-state index in [1.165, 1.54) is 0 Å². The molecule has 0 aliphatic rings. The van der Waals surface area contributed by atoms with E-state index in [1.54, 1.807) is 7.11 Å². The Morgan fingerprint density at radius 1 is 1.44 bits per heavy atom. The molecule has 0 saturated carbocycles. The Bertz CT molecular complexity index is 393. The molecule has 0 spiro atoms. The fourth-order valence-corrected chi connectivity index (χ4v) is 1.86. The summed E-state index contributed by atoms with van der Waals surface area (Å²) in [5.74, 6) is 0.657. The fraction of sp³-hybridized carbons (Fsp3) is 0.500. The maximum atomic E-state index is 11.8. The van der Waals surface area contributed by atoms with E-state index in [2.05, 4.69) is 5.32 Å². The van der Waals surface area contributed by atoms with Gasteiger partial charge in [-0.15, -0.1) is 0 Å². The van der Waals surface area contributed by atoms with E-state index in [9.17, 15) is 4.79 Å². The zero-order valence-electron chi connectivity index (χ0n) is 11.3. The predicted octanol–water partition coefficient (Wildman–Crippen LogP) is 2.00. The second-order valence-electron chi connectivity index (χ2n) is 4.37. The number of hydrogen-bond acceptors (Lipinski definition) is 3. The molecule has 0 fully saturated rings. The first-order valence-corrected chi connectivity index (χ1v) is 6.29. The Morgan fingerprint density at radius 3 is 2.72 bits per heavy atom. The molecule has 3 N–H and O–H groups in total. The molecule has 0 unspecified atom stereocenters. The SMILES string of the molecule is CCC[C@@H](N)C(=O)N[C@H](C)c1ccccc1OC. The standard InChI is InChI=1S/C14H22N2O2/c1-4-7-12(15)14(17)16-10(2)11-8-5-6-9-13(11)18-3/h5-6,8-10,12H,4,7,15H2,1-3H3,(H,16,17)/t10-,12-/m1/s1. The number of methoxy groups -OCH3 is 1. The van der Waals surface area contributed by atoms with Crippen molar-refractivity contribution in [1.82, 2.24) is 5.32 Å². The summed E-state index contributed by atoms with van der Waals surface area (Å²) in [5, 5.41) is 2.91. The fourth-order valence-electron chi connectivity index (χ4n) is 1.86. The number of nitrogens with two attached hydrogens (primary N) is 1. The summed E-state index contributed by atoms with van der Waals surface area (Å²) in [6, 6.07) is 7.09. The number of amides is 1. The Morgan fingerprint density at radius 2 is 2.11 bits per heavy atom. The third-order valence-corrected chi connectivity index (χ3v) is 2.90. The van der Waals surface area contributed by atoms with Gasteiger partial charge in [0.15, 0.2) is 0 Å². The van der Waals surface area contributed by atoms with Crippen LogP contribution in [0.1, 0.15) is 38.3 Å². The topological polar surface area (TPSA) is 64.4 Å². The summed E-state index contributed by atoms with van der Waals surface area (Å²) in [5.41, 5.74) is 6.74. The lowest BCUT2D eigenvalue weighted by atomic mass is 10.1. The van der Waals surface area contributed by atoms with Gasteiger partial charge in [-0.2, -0.15) is 0 Å². The average Bonchev–Trinajstić information content (AvgIpc) is 2.38. The van der Waals surface area contributed by atoms with Crippen LogP contribution in [0.15, 0.2) is 24.3 Å². The molecule has 0 aliphatic carbocycles. The maximum Gasteiger partial charge on any atom is 0.237 e. The molecular weight excluding hydrogens is 228 g/mol. The van der Waals surface area contributed by atoms with Crippen LogP contribution in [0.5, 0.6) is 5.75 Å². The van der Waals surface area contributed by atoms with E-state index in [1.807, 2.05) is 38.1 Å². The first kappa shape index (κ1) is 14.5. The molecule has 100 valence electrons. The number of ether oxygens (including phenoxy) is 1. The Balaban J connectivity index is 2.70. The van der Waals surface area contributed by atoms with Crippen molar-refractivity contribution < 1.29 is 9.53 Å². The molecule has 0 saturated heterocycles. The van der Waals surface area contributed by atoms with Crippen LogP contribution < -0.4 is 15.8 Å². The summed E-state index contributed by atoms with van der Waals surface area (Å²) >= 11 is 0. The summed E-state index contributed by atoms with van der Waals surface area (Å²) in [6.07, 6.45) is 1.60. The van der Waals surface area contributed by atoms with Gasteiger partial charge in [0.25, 0.3) is 0 Å². The molecule has 0 bridgehead atoms. The number of rotatable bonds is 6. The molecule has 1 amide bonds. The number of para-hydroxylation sites is 1. The zero-order chi connectivity index (χ0) is 13.5. The second kappa shape index (κ2) is 7.01. The van der Waals surface area contributed by atoms with Crippen molar-refractivity contribution in [2.75, 3.05) is 7.11 Å². The van der Waals surface area contributed by atoms with Crippen molar-refractivity contribution in [3.8, 4) is 5.75 Å². The van der Waals surface area contributed by atoms with Gasteiger partial charge in [0.2, 0.25) is 5.91 Å². The third-order valence-electron chi connectivity index (χ3n) is 2.90. The predicted molar refractivity (Wildman–Crippen MR) is 72.4 cm³/mol. The van der Waals surface area contributed by atoms with Crippen molar-refractivity contribution in [1.29, 1.82) is 0 Å². The van der Waals surface area contributed by atoms with Gasteiger partial charge in [0, 0.05) is 5.56 Å². The highest BCUT2D eigenvalue weighted by Crippen LogP contribution is 2.24. The highest BCUT2D eigenvalue weighted by atomic mass is 16.5. The second-order valence-corrected chi connectivity index (χ2v) is 4.37. The minimum Gasteiger partial charge on any atom is -0.496 e. The molecule has 1 aromatic carbocycles. The number of carbonyl (C=O) groups is 1. The zero-order valence-corrected chi connectivity index (χ0v) is 11.3. The normalized spacial score (nSPS) is 13.8. The van der Waals surface area contributed by atoms with Crippen LogP contribution in [0, 0.1) is 0 Å². The number of benzene rings is 1. The van der Waals surface area contributed by atoms with Crippen LogP contribution in [0.25, 0.3) is 0 Å². The monoisotopic (exact) mass is 250 g/mol. The van der Waals surface area contributed by atoms with Crippen molar-refractivity contribution in [2.45, 2.75) is 38.8 Å². The number of nitrogens with one attached hydrogen (secondary N) is 1. The van der Waals surface area contributed by atoms with Gasteiger partial charge >= 0.3 is 0 Å². The van der Waals surface area contributed by atoms with Crippen molar-refractivity contribution in [3.63, 3.8) is 0 Å². The van der Waals surface area contributed by atoms with E-state index in [0.717, 1.165) is 17.7 Å². The highest BCUT2D eigenvalue weighted by molar-refractivity contribution is 5.81. The van der Waals surface area contributed by atoms with Crippen LogP contribution in [-0.4, -0.2) is 19.1 Å². The molecular formula is C14H22N2O2. The van der Waals surface area contributed by atoms with E-state index in [4.69, 9.17) is 10.5 Å². The largest absolute Gasteiger partial charge is 0.496 e. The highest BCUT2D eigenvalue weighted by Gasteiger charge is 2.17. The summed E-state index contributed by atoms with van der Waals surface area (Å²) in [4.78, 5) is 11.8. The van der Waals surface area contributed by atoms with Crippen LogP contribution in [-0.2, 0) is 4.79 Å². The molecule has 4 heteroatoms. The minimum atomic E-state index is -0.438. The van der Waals surface area contributed by atoms with E-state index in [0.29, 0.717) is 6.42 Å². The van der Waals surface area contributed by atoms with Crippen LogP contribution >= 0.6 is 0 Å². The van der Waals surface area contributed by atoms with Gasteiger partial charge < -0.3 is 15.8 Å². The van der Waals surface area contributed by atoms with Gasteiger partial charge in [-0.1, -0.05) is 31.5 Å². The van der Waals surface area contributed by atoms with Gasteiger partial charge in [0.1, 0.15) is 5.75 Å². The van der Waals surface area contributed by atoms with Gasteiger partial charge in [-0.25, -0.2) is 0 Å². The van der Waals surface area contributed by atoms with E-state index in [-0.39, 0.29) is 11.9 Å². The van der Waals surface area contributed by atoms with Crippen LogP contribution in [0.3, 0.4) is 0 Å². The first-order chi connectivity index (χ1) is 8.60. The number of hydrogen-bond donors (Lipinski definition) is 2. The average molecular weight is 250 g/mol. The minimum absolute atomic E-state index is 0.114. The molecule has 0 aromatic heterocycles. The quantitative estimate of drug-likeness (QED) is 0.811. The smallest absolute Gasteiger partial charge is 0.237 e. The van der Waals surface area contributed by atoms with E-state index < -0.39 is 6.04 Å². The first-order valence-electron chi connectivity index (χ1n) is 6.29. The van der Waals surface area contributed by atoms with Gasteiger partial charge in [-0.05, 0) is 19.4 Å². The molecule has 0 heterocycles. The summed E-state index contributed by atoms with van der Waals surface area (Å²) in [7, 11) is 1.62. The lowest BCUT2D eigenvalue weighted by molar-refractivity contribution is -0.123. The van der Waals surface area contributed by atoms with Gasteiger partial charge in [-0.3, -0.25) is 4.79 Å². The molecule has 0 radical (unpaired) electrons. The van der Waals surface area contributed by atoms with Crippen molar-refractivity contribution in [2.24, 2.45) is 5.73 Å². The molecule has 1 aromatic rings. The molecule has 0 aliphatic heterocycles. The van der Waals surface area contributed by atoms with Crippen molar-refractivity contribution >= 4 is 5.91 Å². The molecule has 4 nitrogen and oxygen atoms in total. The van der Waals surface area contributed by atoms with Gasteiger partial charge in [0.05, 0.1) is 19.2 Å².